The number of allylic oxidation sites excluding steroid dienone is 2. The van der Waals surface area contributed by atoms with E-state index < -0.39 is 17.0 Å². The first kappa shape index (κ1) is 13.1. The van der Waals surface area contributed by atoms with Gasteiger partial charge in [0, 0.05) is 6.08 Å². The third-order valence-corrected chi connectivity index (χ3v) is 3.26. The molecule has 6 nitrogen and oxygen atoms in total. The number of ketones is 2. The Morgan fingerprint density at radius 2 is 1.81 bits per heavy atom. The van der Waals surface area contributed by atoms with Gasteiger partial charge >= 0.3 is 0 Å². The molecule has 0 radical (unpaired) electrons. The van der Waals surface area contributed by atoms with E-state index >= 15 is 0 Å². The van der Waals surface area contributed by atoms with Crippen LogP contribution in [0.1, 0.15) is 20.9 Å². The van der Waals surface area contributed by atoms with Gasteiger partial charge in [-0.2, -0.15) is 0 Å². The van der Waals surface area contributed by atoms with Crippen LogP contribution < -0.4 is 10.2 Å². The van der Waals surface area contributed by atoms with Crippen molar-refractivity contribution >= 4 is 22.5 Å². The van der Waals surface area contributed by atoms with Gasteiger partial charge in [-0.15, -0.1) is 0 Å². The van der Waals surface area contributed by atoms with Crippen molar-refractivity contribution in [3.63, 3.8) is 0 Å². The van der Waals surface area contributed by atoms with Crippen LogP contribution in [0.15, 0.2) is 39.2 Å². The molecular weight excluding hydrogens is 276 g/mol. The van der Waals surface area contributed by atoms with Crippen LogP contribution >= 0.6 is 0 Å². The van der Waals surface area contributed by atoms with E-state index in [0.717, 1.165) is 6.08 Å². The molecule has 1 aliphatic carbocycles. The molecule has 106 valence electrons. The second kappa shape index (κ2) is 4.59. The van der Waals surface area contributed by atoms with Crippen LogP contribution in [0.5, 0.6) is 5.75 Å². The first-order valence-electron chi connectivity index (χ1n) is 6.07. The quantitative estimate of drug-likeness (QED) is 0.835. The Morgan fingerprint density at radius 1 is 1.05 bits per heavy atom. The number of hydrogen-bond donors (Lipinski definition) is 0. The van der Waals surface area contributed by atoms with Crippen LogP contribution in [0.4, 0.5) is 0 Å². The highest BCUT2D eigenvalue weighted by molar-refractivity contribution is 6.23. The lowest BCUT2D eigenvalue weighted by Crippen LogP contribution is -2.25. The lowest BCUT2D eigenvalue weighted by atomic mass is 9.97. The van der Waals surface area contributed by atoms with Crippen molar-refractivity contribution in [2.24, 2.45) is 0 Å². The number of ether oxygens (including phenoxy) is 2. The Hall–Kier alpha value is -2.89. The number of carbonyl (C=O) groups excluding carboxylic acids is 2. The van der Waals surface area contributed by atoms with Gasteiger partial charge in [-0.3, -0.25) is 14.4 Å². The summed E-state index contributed by atoms with van der Waals surface area (Å²) < 4.78 is 15.4. The van der Waals surface area contributed by atoms with E-state index in [0.29, 0.717) is 5.75 Å². The van der Waals surface area contributed by atoms with E-state index in [9.17, 15) is 14.4 Å². The van der Waals surface area contributed by atoms with Crippen molar-refractivity contribution in [1.29, 1.82) is 0 Å². The SMILES string of the molecule is COC1=CC(=O)c2c(oc3c(OC)cccc3c2=O)C1=O. The number of Topliss-reactive ketones (excluding diaryl/α,β-unsaturated/α-hetero) is 1. The maximum atomic E-state index is 12.4. The Bertz CT molecular complexity index is 872. The summed E-state index contributed by atoms with van der Waals surface area (Å²) in [4.78, 5) is 36.6. The average molecular weight is 286 g/mol. The van der Waals surface area contributed by atoms with Gasteiger partial charge in [-0.25, -0.2) is 0 Å². The molecule has 0 aliphatic heterocycles. The average Bonchev–Trinajstić information content (AvgIpc) is 2.50. The number of hydrogen-bond acceptors (Lipinski definition) is 6. The minimum atomic E-state index is -0.642. The van der Waals surface area contributed by atoms with Crippen molar-refractivity contribution in [2.75, 3.05) is 14.2 Å². The summed E-state index contributed by atoms with van der Waals surface area (Å²) in [6.07, 6.45) is 0.994. The van der Waals surface area contributed by atoms with Gasteiger partial charge in [-0.05, 0) is 12.1 Å². The highest BCUT2D eigenvalue weighted by atomic mass is 16.5. The van der Waals surface area contributed by atoms with Crippen LogP contribution in [0.25, 0.3) is 11.0 Å². The predicted molar refractivity (Wildman–Crippen MR) is 72.8 cm³/mol. The minimum Gasteiger partial charge on any atom is -0.493 e. The minimum absolute atomic E-state index is 0.127. The van der Waals surface area contributed by atoms with E-state index in [1.165, 1.54) is 20.3 Å². The van der Waals surface area contributed by atoms with E-state index in [4.69, 9.17) is 13.9 Å². The molecule has 1 aromatic carbocycles. The first-order valence-corrected chi connectivity index (χ1v) is 6.07. The lowest BCUT2D eigenvalue weighted by molar-refractivity contribution is 0.0889. The summed E-state index contributed by atoms with van der Waals surface area (Å²) >= 11 is 0. The molecular formula is C15H10O6. The molecule has 0 unspecified atom stereocenters. The summed E-state index contributed by atoms with van der Waals surface area (Å²) in [6.45, 7) is 0. The number of carbonyl (C=O) groups is 2. The summed E-state index contributed by atoms with van der Waals surface area (Å²) in [5.74, 6) is -1.43. The van der Waals surface area contributed by atoms with Crippen molar-refractivity contribution in [3.05, 3.63) is 51.6 Å². The first-order chi connectivity index (χ1) is 10.1. The molecule has 6 heteroatoms. The van der Waals surface area contributed by atoms with Gasteiger partial charge < -0.3 is 13.9 Å². The fourth-order valence-corrected chi connectivity index (χ4v) is 2.26. The molecule has 0 amide bonds. The second-order valence-corrected chi connectivity index (χ2v) is 4.38. The summed E-state index contributed by atoms with van der Waals surface area (Å²) in [7, 11) is 2.68. The number of benzene rings is 1. The fourth-order valence-electron chi connectivity index (χ4n) is 2.26. The molecule has 0 saturated carbocycles. The fraction of sp³-hybridized carbons (Fsp3) is 0.133. The standard InChI is InChI=1S/C15H10O6/c1-19-9-5-3-4-7-12(17)11-8(16)6-10(20-2)13(18)15(11)21-14(7)9/h3-6H,1-2H3. The Balaban J connectivity index is 2.44. The van der Waals surface area contributed by atoms with Crippen molar-refractivity contribution in [2.45, 2.75) is 0 Å². The number of rotatable bonds is 2. The zero-order chi connectivity index (χ0) is 15.1. The van der Waals surface area contributed by atoms with Gasteiger partial charge in [0.05, 0.1) is 19.6 Å². The molecule has 0 atom stereocenters. The Morgan fingerprint density at radius 3 is 2.48 bits per heavy atom. The molecule has 21 heavy (non-hydrogen) atoms. The van der Waals surface area contributed by atoms with Gasteiger partial charge in [-0.1, -0.05) is 6.07 Å². The van der Waals surface area contributed by atoms with Gasteiger partial charge in [0.15, 0.2) is 28.6 Å². The molecule has 3 rings (SSSR count). The van der Waals surface area contributed by atoms with Crippen molar-refractivity contribution in [1.82, 2.24) is 0 Å². The molecule has 2 aromatic rings. The number of methoxy groups -OCH3 is 2. The molecule has 0 fully saturated rings. The van der Waals surface area contributed by atoms with Crippen molar-refractivity contribution < 1.29 is 23.5 Å². The topological polar surface area (TPSA) is 82.8 Å². The molecule has 1 heterocycles. The molecule has 1 aliphatic rings. The third kappa shape index (κ3) is 1.76. The highest BCUT2D eigenvalue weighted by Gasteiger charge is 2.33. The van der Waals surface area contributed by atoms with Crippen LogP contribution in [-0.2, 0) is 4.74 Å². The van der Waals surface area contributed by atoms with Gasteiger partial charge in [0.2, 0.25) is 5.43 Å². The monoisotopic (exact) mass is 286 g/mol. The smallest absolute Gasteiger partial charge is 0.263 e. The zero-order valence-electron chi connectivity index (χ0n) is 11.3. The molecule has 0 N–H and O–H groups in total. The molecule has 1 aromatic heterocycles. The number of fused-ring (bicyclic) bond motifs is 2. The maximum Gasteiger partial charge on any atom is 0.263 e. The molecule has 0 saturated heterocycles. The van der Waals surface area contributed by atoms with Gasteiger partial charge in [0.1, 0.15) is 5.56 Å². The van der Waals surface area contributed by atoms with E-state index in [-0.39, 0.29) is 28.1 Å². The largest absolute Gasteiger partial charge is 0.493 e. The van der Waals surface area contributed by atoms with Crippen molar-refractivity contribution in [3.8, 4) is 5.75 Å². The van der Waals surface area contributed by atoms with Crippen LogP contribution in [0, 0.1) is 0 Å². The number of para-hydroxylation sites is 1. The summed E-state index contributed by atoms with van der Waals surface area (Å²) in [5, 5.41) is 0.184. The van der Waals surface area contributed by atoms with E-state index in [1.807, 2.05) is 0 Å². The maximum absolute atomic E-state index is 12.4. The Kier molecular flexibility index (Phi) is 2.86. The van der Waals surface area contributed by atoms with E-state index in [1.54, 1.807) is 12.1 Å². The predicted octanol–water partition coefficient (Wildman–Crippen LogP) is 1.71. The highest BCUT2D eigenvalue weighted by Crippen LogP contribution is 2.28. The summed E-state index contributed by atoms with van der Waals surface area (Å²) in [6, 6.07) is 4.72. The third-order valence-electron chi connectivity index (χ3n) is 3.26. The lowest BCUT2D eigenvalue weighted by Gasteiger charge is -2.14. The van der Waals surface area contributed by atoms with Crippen LogP contribution in [0.3, 0.4) is 0 Å². The van der Waals surface area contributed by atoms with Crippen LogP contribution in [0.2, 0.25) is 0 Å². The van der Waals surface area contributed by atoms with Crippen LogP contribution in [-0.4, -0.2) is 25.8 Å². The zero-order valence-corrected chi connectivity index (χ0v) is 11.3. The van der Waals surface area contributed by atoms with Gasteiger partial charge in [0.25, 0.3) is 5.78 Å². The summed E-state index contributed by atoms with van der Waals surface area (Å²) in [5.41, 5.74) is -0.710. The Labute approximate surface area is 118 Å². The van der Waals surface area contributed by atoms with E-state index in [2.05, 4.69) is 0 Å². The molecule has 0 bridgehead atoms. The molecule has 0 spiro atoms. The normalized spacial score (nSPS) is 13.9. The second-order valence-electron chi connectivity index (χ2n) is 4.38.